The lowest BCUT2D eigenvalue weighted by Crippen LogP contribution is -2.59. The van der Waals surface area contributed by atoms with Crippen molar-refractivity contribution in [3.05, 3.63) is 71.8 Å². The molecule has 0 aliphatic rings. The summed E-state index contributed by atoms with van der Waals surface area (Å²) < 4.78 is 15.6. The summed E-state index contributed by atoms with van der Waals surface area (Å²) in [6.45, 7) is 14.5. The van der Waals surface area contributed by atoms with Crippen LogP contribution in [-0.4, -0.2) is 84.9 Å². The number of unbranched alkanes of at least 4 members (excludes halogenated alkanes) is 1. The first-order chi connectivity index (χ1) is 25.8. The lowest BCUT2D eigenvalue weighted by atomic mass is 9.99. The molecule has 14 nitrogen and oxygen atoms in total. The van der Waals surface area contributed by atoms with E-state index in [4.69, 9.17) is 14.2 Å². The highest BCUT2D eigenvalue weighted by atomic mass is 16.6. The lowest BCUT2D eigenvalue weighted by Gasteiger charge is -2.27. The third kappa shape index (κ3) is 19.1. The predicted molar refractivity (Wildman–Crippen MR) is 209 cm³/mol. The smallest absolute Gasteiger partial charge is 0.408 e. The number of esters is 1. The fourth-order valence-electron chi connectivity index (χ4n) is 5.46. The summed E-state index contributed by atoms with van der Waals surface area (Å²) in [7, 11) is 1.22. The number of amides is 5. The molecular formula is C41H61N5O9. The molecule has 2 rings (SSSR count). The number of rotatable bonds is 19. The summed E-state index contributed by atoms with van der Waals surface area (Å²) in [5.41, 5.74) is 0.0737. The van der Waals surface area contributed by atoms with E-state index in [9.17, 15) is 28.8 Å². The van der Waals surface area contributed by atoms with Gasteiger partial charge in [0.1, 0.15) is 35.4 Å². The molecule has 0 fully saturated rings. The van der Waals surface area contributed by atoms with E-state index in [0.717, 1.165) is 11.1 Å². The van der Waals surface area contributed by atoms with Crippen LogP contribution in [0.5, 0.6) is 0 Å². The Morgan fingerprint density at radius 1 is 0.582 bits per heavy atom. The van der Waals surface area contributed by atoms with Crippen LogP contribution in [0.25, 0.3) is 0 Å². The molecule has 4 atom stereocenters. The first kappa shape index (κ1) is 46.0. The zero-order valence-electron chi connectivity index (χ0n) is 33.8. The van der Waals surface area contributed by atoms with Gasteiger partial charge in [0, 0.05) is 19.4 Å². The van der Waals surface area contributed by atoms with Crippen molar-refractivity contribution >= 4 is 35.9 Å². The minimum atomic E-state index is -1.15. The van der Waals surface area contributed by atoms with Gasteiger partial charge in [-0.05, 0) is 84.3 Å². The van der Waals surface area contributed by atoms with E-state index >= 15 is 0 Å². The van der Waals surface area contributed by atoms with Gasteiger partial charge in [-0.2, -0.15) is 0 Å². The number of methoxy groups -OCH3 is 1. The van der Waals surface area contributed by atoms with Crippen LogP contribution < -0.4 is 26.6 Å². The first-order valence-corrected chi connectivity index (χ1v) is 18.8. The van der Waals surface area contributed by atoms with Crippen LogP contribution in [0.1, 0.15) is 92.2 Å². The molecular weight excluding hydrogens is 706 g/mol. The van der Waals surface area contributed by atoms with E-state index in [2.05, 4.69) is 26.6 Å². The van der Waals surface area contributed by atoms with Gasteiger partial charge < -0.3 is 40.8 Å². The molecule has 0 spiro atoms. The molecule has 0 aromatic heterocycles. The third-order valence-corrected chi connectivity index (χ3v) is 7.94. The summed E-state index contributed by atoms with van der Waals surface area (Å²) in [4.78, 5) is 79.3. The van der Waals surface area contributed by atoms with E-state index in [-0.39, 0.29) is 31.6 Å². The second kappa shape index (κ2) is 22.3. The molecule has 2 aromatic rings. The van der Waals surface area contributed by atoms with Crippen molar-refractivity contribution in [2.24, 2.45) is 5.92 Å². The maximum atomic E-state index is 14.1. The normalized spacial score (nSPS) is 13.6. The largest absolute Gasteiger partial charge is 0.467 e. The van der Waals surface area contributed by atoms with E-state index in [1.54, 1.807) is 41.5 Å². The fourth-order valence-corrected chi connectivity index (χ4v) is 5.46. The van der Waals surface area contributed by atoms with Crippen molar-refractivity contribution in [2.75, 3.05) is 13.7 Å². The minimum absolute atomic E-state index is 0.0398. The van der Waals surface area contributed by atoms with Crippen molar-refractivity contribution in [1.82, 2.24) is 26.6 Å². The molecule has 0 heterocycles. The Morgan fingerprint density at radius 2 is 1.02 bits per heavy atom. The van der Waals surface area contributed by atoms with E-state index in [1.807, 2.05) is 74.5 Å². The summed E-state index contributed by atoms with van der Waals surface area (Å²) in [5.74, 6) is -2.54. The molecule has 5 N–H and O–H groups in total. The maximum Gasteiger partial charge on any atom is 0.408 e. The highest BCUT2D eigenvalue weighted by Crippen LogP contribution is 2.13. The molecule has 0 saturated heterocycles. The van der Waals surface area contributed by atoms with E-state index in [0.29, 0.717) is 19.4 Å². The van der Waals surface area contributed by atoms with Gasteiger partial charge >= 0.3 is 18.2 Å². The summed E-state index contributed by atoms with van der Waals surface area (Å²) in [5, 5.41) is 13.7. The summed E-state index contributed by atoms with van der Waals surface area (Å²) in [6.07, 6.45) is 0.279. The van der Waals surface area contributed by atoms with Crippen molar-refractivity contribution in [1.29, 1.82) is 0 Å². The van der Waals surface area contributed by atoms with Crippen LogP contribution in [0.15, 0.2) is 60.7 Å². The summed E-state index contributed by atoms with van der Waals surface area (Å²) >= 11 is 0. The van der Waals surface area contributed by atoms with Crippen LogP contribution in [0.3, 0.4) is 0 Å². The number of hydrogen-bond acceptors (Lipinski definition) is 9. The van der Waals surface area contributed by atoms with E-state index < -0.39 is 71.2 Å². The second-order valence-electron chi connectivity index (χ2n) is 15.8. The third-order valence-electron chi connectivity index (χ3n) is 7.94. The van der Waals surface area contributed by atoms with Crippen LogP contribution in [0.4, 0.5) is 9.59 Å². The Kier molecular flexibility index (Phi) is 18.6. The van der Waals surface area contributed by atoms with Crippen LogP contribution in [-0.2, 0) is 46.2 Å². The van der Waals surface area contributed by atoms with Gasteiger partial charge in [-0.15, -0.1) is 0 Å². The zero-order valence-corrected chi connectivity index (χ0v) is 33.8. The molecule has 0 aliphatic carbocycles. The topological polar surface area (TPSA) is 190 Å². The van der Waals surface area contributed by atoms with Gasteiger partial charge in [0.15, 0.2) is 0 Å². The Balaban J connectivity index is 2.26. The number of hydrogen-bond donors (Lipinski definition) is 5. The summed E-state index contributed by atoms with van der Waals surface area (Å²) in [6, 6.07) is 13.9. The molecule has 4 unspecified atom stereocenters. The average molecular weight is 768 g/mol. The van der Waals surface area contributed by atoms with Crippen molar-refractivity contribution in [3.8, 4) is 0 Å². The quantitative estimate of drug-likeness (QED) is 0.0765. The van der Waals surface area contributed by atoms with Crippen molar-refractivity contribution < 1.29 is 43.0 Å². The van der Waals surface area contributed by atoms with Crippen molar-refractivity contribution in [2.45, 2.75) is 129 Å². The maximum absolute atomic E-state index is 14.1. The SMILES string of the molecule is COC(=O)C(CCCCNC(=O)OC(C)(C)C)NC(=O)C(CC(C)C)NC(=O)C(Cc1ccccc1)NC(=O)C(Cc1ccccc1)NC(=O)OC(C)(C)C. The zero-order chi connectivity index (χ0) is 41.2. The molecule has 0 radical (unpaired) electrons. The molecule has 55 heavy (non-hydrogen) atoms. The number of carbonyl (C=O) groups excluding carboxylic acids is 6. The Bertz CT molecular complexity index is 1540. The lowest BCUT2D eigenvalue weighted by molar-refractivity contribution is -0.145. The number of alkyl carbamates (subject to hydrolysis) is 2. The molecule has 0 aliphatic heterocycles. The van der Waals surface area contributed by atoms with Crippen molar-refractivity contribution in [3.63, 3.8) is 0 Å². The monoisotopic (exact) mass is 767 g/mol. The molecule has 14 heteroatoms. The number of nitrogens with one attached hydrogen (secondary N) is 5. The standard InChI is InChI=1S/C41H61N5O9/c1-27(2)24-31(34(47)43-30(37(50)53-9)22-16-17-23-42-38(51)54-40(3,4)5)44-35(48)32(25-28-18-12-10-13-19-28)45-36(49)33(26-29-20-14-11-15-21-29)46-39(52)55-41(6,7)8/h10-15,18-21,27,30-33H,16-17,22-26H2,1-9H3,(H,42,51)(H,43,47)(H,44,48)(H,45,49)(H,46,52). The van der Waals surface area contributed by atoms with Crippen LogP contribution >= 0.6 is 0 Å². The highest BCUT2D eigenvalue weighted by molar-refractivity contribution is 5.95. The predicted octanol–water partition coefficient (Wildman–Crippen LogP) is 4.73. The van der Waals surface area contributed by atoms with Gasteiger partial charge in [-0.3, -0.25) is 14.4 Å². The van der Waals surface area contributed by atoms with Crippen LogP contribution in [0.2, 0.25) is 0 Å². The van der Waals surface area contributed by atoms with Gasteiger partial charge in [0.05, 0.1) is 7.11 Å². The molecule has 2 aromatic carbocycles. The Labute approximate surface area is 325 Å². The molecule has 5 amide bonds. The number of benzene rings is 2. The molecule has 0 bridgehead atoms. The van der Waals surface area contributed by atoms with Gasteiger partial charge in [-0.25, -0.2) is 14.4 Å². The number of ether oxygens (including phenoxy) is 3. The minimum Gasteiger partial charge on any atom is -0.467 e. The Hall–Kier alpha value is -5.14. The second-order valence-corrected chi connectivity index (χ2v) is 15.8. The molecule has 304 valence electrons. The fraction of sp³-hybridized carbons (Fsp3) is 0.561. The van der Waals surface area contributed by atoms with Gasteiger partial charge in [0.2, 0.25) is 17.7 Å². The van der Waals surface area contributed by atoms with E-state index in [1.165, 1.54) is 7.11 Å². The average Bonchev–Trinajstić information content (AvgIpc) is 3.08. The highest BCUT2D eigenvalue weighted by Gasteiger charge is 2.33. The first-order valence-electron chi connectivity index (χ1n) is 18.8. The van der Waals surface area contributed by atoms with Gasteiger partial charge in [0.25, 0.3) is 0 Å². The number of carbonyl (C=O) groups is 6. The van der Waals surface area contributed by atoms with Gasteiger partial charge in [-0.1, -0.05) is 74.5 Å². The van der Waals surface area contributed by atoms with Crippen LogP contribution in [0, 0.1) is 5.92 Å². The molecule has 0 saturated carbocycles. The Morgan fingerprint density at radius 3 is 1.49 bits per heavy atom.